The first-order valence-electron chi connectivity index (χ1n) is 9.96. The molecule has 0 spiro atoms. The predicted octanol–water partition coefficient (Wildman–Crippen LogP) is 4.59. The molecule has 0 aliphatic rings. The molecule has 0 atom stereocenters. The summed E-state index contributed by atoms with van der Waals surface area (Å²) in [6, 6.07) is 12.8. The molecule has 168 valence electrons. The molecule has 0 saturated carbocycles. The Morgan fingerprint density at radius 1 is 0.879 bits per heavy atom. The number of fused-ring (bicyclic) bond motifs is 2. The van der Waals surface area contributed by atoms with Crippen molar-refractivity contribution in [2.45, 2.75) is 27.3 Å². The zero-order chi connectivity index (χ0) is 23.7. The quantitative estimate of drug-likeness (QED) is 0.393. The van der Waals surface area contributed by atoms with Crippen LogP contribution < -0.4 is 11.1 Å². The fraction of sp³-hybridized carbons (Fsp3) is 0.174. The molecule has 5 aromatic rings. The topological polar surface area (TPSA) is 107 Å². The van der Waals surface area contributed by atoms with E-state index in [1.807, 2.05) is 45.0 Å². The average molecular weight is 484 g/mol. The van der Waals surface area contributed by atoms with Gasteiger partial charge in [0.15, 0.2) is 16.1 Å². The first-order valence-corrected chi connectivity index (χ1v) is 10.7. The van der Waals surface area contributed by atoms with Crippen molar-refractivity contribution in [3.63, 3.8) is 0 Å². The van der Waals surface area contributed by atoms with Crippen molar-refractivity contribution in [2.24, 2.45) is 0 Å². The maximum atomic E-state index is 12.4. The Morgan fingerprint density at radius 3 is 2.15 bits per heavy atom. The molecule has 0 fully saturated rings. The van der Waals surface area contributed by atoms with Crippen LogP contribution in [0.3, 0.4) is 0 Å². The minimum atomic E-state index is -0.205. The van der Waals surface area contributed by atoms with Crippen LogP contribution in [0.5, 0.6) is 0 Å². The number of aromatic amines is 1. The van der Waals surface area contributed by atoms with Crippen molar-refractivity contribution in [2.75, 3.05) is 0 Å². The van der Waals surface area contributed by atoms with Gasteiger partial charge in [0.25, 0.3) is 11.1 Å². The summed E-state index contributed by atoms with van der Waals surface area (Å²) < 4.78 is 6.40. The van der Waals surface area contributed by atoms with Gasteiger partial charge in [0, 0.05) is 16.8 Å². The van der Waals surface area contributed by atoms with Crippen LogP contribution in [0.15, 0.2) is 56.6 Å². The van der Waals surface area contributed by atoms with Crippen LogP contribution in [-0.2, 0) is 6.54 Å². The van der Waals surface area contributed by atoms with Crippen molar-refractivity contribution >= 4 is 44.7 Å². The van der Waals surface area contributed by atoms with E-state index in [4.69, 9.17) is 27.7 Å². The molecule has 33 heavy (non-hydrogen) atoms. The lowest BCUT2D eigenvalue weighted by molar-refractivity contribution is 0.366. The van der Waals surface area contributed by atoms with Gasteiger partial charge in [-0.3, -0.25) is 9.59 Å². The third-order valence-electron chi connectivity index (χ3n) is 4.95. The molecule has 5 rings (SSSR count). The van der Waals surface area contributed by atoms with E-state index in [0.29, 0.717) is 37.6 Å². The fourth-order valence-corrected chi connectivity index (χ4v) is 3.81. The normalized spacial score (nSPS) is 10.9. The Bertz CT molecular complexity index is 1600. The maximum Gasteiger partial charge on any atom is 0.275 e. The summed E-state index contributed by atoms with van der Waals surface area (Å²) in [4.78, 5) is 23.7. The highest BCUT2D eigenvalue weighted by Gasteiger charge is 2.11. The number of rotatable bonds is 2. The largest absolute Gasteiger partial charge is 0.359 e. The molecule has 0 aliphatic carbocycles. The van der Waals surface area contributed by atoms with E-state index in [9.17, 15) is 9.59 Å². The minimum Gasteiger partial charge on any atom is -0.359 e. The van der Waals surface area contributed by atoms with Gasteiger partial charge >= 0.3 is 0 Å². The molecule has 10 heteroatoms. The van der Waals surface area contributed by atoms with E-state index in [1.165, 1.54) is 4.68 Å². The average Bonchev–Trinajstić information content (AvgIpc) is 3.19. The van der Waals surface area contributed by atoms with Crippen molar-refractivity contribution in [1.29, 1.82) is 0 Å². The van der Waals surface area contributed by atoms with Crippen molar-refractivity contribution in [1.82, 2.24) is 25.1 Å². The number of benzene rings is 2. The van der Waals surface area contributed by atoms with E-state index < -0.39 is 0 Å². The van der Waals surface area contributed by atoms with Gasteiger partial charge in [0.1, 0.15) is 6.54 Å². The van der Waals surface area contributed by atoms with E-state index >= 15 is 0 Å². The second-order valence-electron chi connectivity index (χ2n) is 7.63. The molecule has 0 bridgehead atoms. The third kappa shape index (κ3) is 4.81. The smallest absolute Gasteiger partial charge is 0.275 e. The molecule has 0 amide bonds. The SMILES string of the molecule is Cc1ccc2c(Cl)n[nH]c(=O)c2c1.Cc1ccc2c(Cl)nn(Cc3cc(C)no3)c(=O)c2c1. The van der Waals surface area contributed by atoms with Gasteiger partial charge < -0.3 is 4.52 Å². The molecule has 0 saturated heterocycles. The Balaban J connectivity index is 0.000000172. The molecule has 0 aliphatic heterocycles. The molecule has 8 nitrogen and oxygen atoms in total. The van der Waals surface area contributed by atoms with Crippen LogP contribution in [0.4, 0.5) is 0 Å². The summed E-state index contributed by atoms with van der Waals surface area (Å²) in [6.45, 7) is 5.88. The van der Waals surface area contributed by atoms with E-state index in [2.05, 4.69) is 20.5 Å². The fourth-order valence-electron chi connectivity index (χ4n) is 3.35. The van der Waals surface area contributed by atoms with Crippen LogP contribution >= 0.6 is 23.2 Å². The lowest BCUT2D eigenvalue weighted by Gasteiger charge is -2.06. The number of nitrogens with zero attached hydrogens (tertiary/aromatic N) is 4. The summed E-state index contributed by atoms with van der Waals surface area (Å²) in [5.74, 6) is 0.570. The Kier molecular flexibility index (Phi) is 6.31. The van der Waals surface area contributed by atoms with Gasteiger partial charge in [-0.25, -0.2) is 9.78 Å². The van der Waals surface area contributed by atoms with Gasteiger partial charge in [0.05, 0.1) is 16.5 Å². The number of halogens is 2. The van der Waals surface area contributed by atoms with Crippen LogP contribution in [0.25, 0.3) is 21.5 Å². The standard InChI is InChI=1S/C14H12ClN3O2.C9H7ClN2O/c1-8-3-4-11-12(5-8)14(19)18(16-13(11)15)7-10-6-9(2)17-20-10;1-5-2-3-6-7(4-5)9(13)12-11-8(6)10/h3-6H,7H2,1-2H3;2-4H,1H3,(H,12,13). The highest BCUT2D eigenvalue weighted by Crippen LogP contribution is 2.20. The van der Waals surface area contributed by atoms with Crippen LogP contribution in [0.1, 0.15) is 22.6 Å². The number of hydrogen-bond donors (Lipinski definition) is 1. The Morgan fingerprint density at radius 2 is 1.52 bits per heavy atom. The molecule has 1 N–H and O–H groups in total. The molecule has 2 aromatic carbocycles. The van der Waals surface area contributed by atoms with Gasteiger partial charge in [-0.15, -0.1) is 0 Å². The summed E-state index contributed by atoms with van der Waals surface area (Å²) in [5.41, 5.74) is 2.39. The van der Waals surface area contributed by atoms with Gasteiger partial charge in [-0.05, 0) is 32.9 Å². The zero-order valence-electron chi connectivity index (χ0n) is 18.0. The van der Waals surface area contributed by atoms with E-state index in [-0.39, 0.29) is 17.7 Å². The van der Waals surface area contributed by atoms with Crippen LogP contribution in [0, 0.1) is 20.8 Å². The van der Waals surface area contributed by atoms with Crippen molar-refractivity contribution in [3.05, 3.63) is 96.1 Å². The van der Waals surface area contributed by atoms with Crippen LogP contribution in [0.2, 0.25) is 10.3 Å². The van der Waals surface area contributed by atoms with Crippen molar-refractivity contribution in [3.8, 4) is 0 Å². The Labute approximate surface area is 197 Å². The monoisotopic (exact) mass is 483 g/mol. The molecule has 0 radical (unpaired) electrons. The number of H-pyrrole nitrogens is 1. The van der Waals surface area contributed by atoms with Crippen LogP contribution in [-0.4, -0.2) is 25.1 Å². The molecular formula is C23H19Cl2N5O3. The number of hydrogen-bond acceptors (Lipinski definition) is 6. The second kappa shape index (κ2) is 9.17. The molecule has 3 aromatic heterocycles. The highest BCUT2D eigenvalue weighted by atomic mass is 35.5. The summed E-state index contributed by atoms with van der Waals surface area (Å²) in [6.07, 6.45) is 0. The van der Waals surface area contributed by atoms with Crippen molar-refractivity contribution < 1.29 is 4.52 Å². The van der Waals surface area contributed by atoms with E-state index in [1.54, 1.807) is 18.2 Å². The van der Waals surface area contributed by atoms with Gasteiger partial charge in [-0.2, -0.15) is 10.2 Å². The summed E-state index contributed by atoms with van der Waals surface area (Å²) >= 11 is 11.9. The predicted molar refractivity (Wildman–Crippen MR) is 128 cm³/mol. The number of nitrogens with one attached hydrogen (secondary N) is 1. The lowest BCUT2D eigenvalue weighted by Crippen LogP contribution is -2.23. The summed E-state index contributed by atoms with van der Waals surface area (Å²) in [5, 5.41) is 17.0. The maximum absolute atomic E-state index is 12.4. The zero-order valence-corrected chi connectivity index (χ0v) is 19.5. The lowest BCUT2D eigenvalue weighted by atomic mass is 10.1. The number of aromatic nitrogens is 5. The first kappa shape index (κ1) is 22.7. The minimum absolute atomic E-state index is 0.192. The molecular weight excluding hydrogens is 465 g/mol. The van der Waals surface area contributed by atoms with Gasteiger partial charge in [0.2, 0.25) is 0 Å². The first-order chi connectivity index (χ1) is 15.7. The number of aryl methyl sites for hydroxylation is 3. The summed E-state index contributed by atoms with van der Waals surface area (Å²) in [7, 11) is 0. The van der Waals surface area contributed by atoms with Gasteiger partial charge in [-0.1, -0.05) is 63.8 Å². The van der Waals surface area contributed by atoms with E-state index in [0.717, 1.165) is 16.8 Å². The third-order valence-corrected chi connectivity index (χ3v) is 5.52. The molecule has 3 heterocycles. The second-order valence-corrected chi connectivity index (χ2v) is 8.35. The molecule has 0 unspecified atom stereocenters. The Hall–Kier alpha value is -3.49. The highest BCUT2D eigenvalue weighted by molar-refractivity contribution is 6.34.